The lowest BCUT2D eigenvalue weighted by molar-refractivity contribution is -0.265. The molecule has 0 spiro atoms. The van der Waals surface area contributed by atoms with E-state index in [-0.39, 0.29) is 54.8 Å². The average molecular weight is 914 g/mol. The lowest BCUT2D eigenvalue weighted by Gasteiger charge is -2.42. The molecule has 2 saturated heterocycles. The highest BCUT2D eigenvalue weighted by molar-refractivity contribution is 6.39. The molecule has 0 aromatic heterocycles. The van der Waals surface area contributed by atoms with Crippen LogP contribution in [-0.2, 0) is 47.7 Å². The Morgan fingerprint density at radius 2 is 1.57 bits per heavy atom. The fourth-order valence-electron chi connectivity index (χ4n) is 10.1. The summed E-state index contributed by atoms with van der Waals surface area (Å²) in [6, 6.07) is -1.14. The van der Waals surface area contributed by atoms with Crippen LogP contribution in [0.25, 0.3) is 0 Å². The van der Waals surface area contributed by atoms with Gasteiger partial charge in [-0.2, -0.15) is 0 Å². The fraction of sp³-hybridized carbons (Fsp3) is 0.745. The minimum absolute atomic E-state index is 0.0193. The van der Waals surface area contributed by atoms with Gasteiger partial charge < -0.3 is 43.9 Å². The summed E-state index contributed by atoms with van der Waals surface area (Å²) >= 11 is 0. The minimum atomic E-state index is -2.43. The van der Waals surface area contributed by atoms with Crippen molar-refractivity contribution in [3.8, 4) is 0 Å². The number of carbonyl (C=O) groups is 5. The van der Waals surface area contributed by atoms with Gasteiger partial charge in [-0.25, -0.2) is 4.79 Å². The Hall–Kier alpha value is -3.37. The van der Waals surface area contributed by atoms with Crippen molar-refractivity contribution in [2.24, 2.45) is 35.5 Å². The quantitative estimate of drug-likeness (QED) is 0.156. The Balaban J connectivity index is 1.70. The van der Waals surface area contributed by atoms with E-state index in [1.54, 1.807) is 41.1 Å². The van der Waals surface area contributed by atoms with Crippen molar-refractivity contribution in [2.45, 2.75) is 180 Å². The molecule has 65 heavy (non-hydrogen) atoms. The van der Waals surface area contributed by atoms with Gasteiger partial charge in [0.05, 0.1) is 24.4 Å². The Bertz CT molecular complexity index is 1760. The molecule has 366 valence electrons. The van der Waals surface area contributed by atoms with Crippen molar-refractivity contribution in [1.29, 1.82) is 0 Å². The molecule has 0 aromatic rings. The van der Waals surface area contributed by atoms with Crippen LogP contribution < -0.4 is 0 Å². The van der Waals surface area contributed by atoms with E-state index in [1.807, 2.05) is 58.1 Å². The largest absolute Gasteiger partial charge is 0.460 e. The van der Waals surface area contributed by atoms with Crippen molar-refractivity contribution in [3.63, 3.8) is 0 Å². The number of amides is 1. The van der Waals surface area contributed by atoms with E-state index in [9.17, 15) is 39.3 Å². The summed E-state index contributed by atoms with van der Waals surface area (Å²) in [6.45, 7) is 12.7. The van der Waals surface area contributed by atoms with E-state index in [2.05, 4.69) is 0 Å². The number of piperidine rings is 1. The lowest BCUT2D eigenvalue weighted by Crippen LogP contribution is -2.61. The van der Waals surface area contributed by atoms with Gasteiger partial charge in [0, 0.05) is 58.5 Å². The van der Waals surface area contributed by atoms with Crippen LogP contribution in [0.2, 0.25) is 0 Å². The van der Waals surface area contributed by atoms with Crippen LogP contribution in [-0.4, -0.2) is 132 Å². The maximum atomic E-state index is 14.4. The Kier molecular flexibility index (Phi) is 21.0. The molecule has 3 aliphatic heterocycles. The lowest BCUT2D eigenvalue weighted by atomic mass is 9.78. The van der Waals surface area contributed by atoms with Crippen molar-refractivity contribution >= 4 is 29.2 Å². The maximum Gasteiger partial charge on any atom is 0.329 e. The number of allylic oxidation sites excluding steroid dienone is 6. The third kappa shape index (κ3) is 14.3. The van der Waals surface area contributed by atoms with Gasteiger partial charge in [0.25, 0.3) is 11.7 Å². The molecule has 1 saturated carbocycles. The normalized spacial score (nSPS) is 40.4. The van der Waals surface area contributed by atoms with Gasteiger partial charge in [-0.05, 0) is 107 Å². The summed E-state index contributed by atoms with van der Waals surface area (Å²) < 4.78 is 29.4. The van der Waals surface area contributed by atoms with E-state index < -0.39 is 83.9 Å². The number of carbonyl (C=O) groups excluding carboxylic acids is 5. The molecule has 3 fully saturated rings. The predicted molar refractivity (Wildman–Crippen MR) is 245 cm³/mol. The summed E-state index contributed by atoms with van der Waals surface area (Å²) in [4.78, 5) is 71.8. The number of hydrogen-bond acceptors (Lipinski definition) is 13. The van der Waals surface area contributed by atoms with Gasteiger partial charge >= 0.3 is 5.97 Å². The predicted octanol–water partition coefficient (Wildman–Crippen LogP) is 6.18. The van der Waals surface area contributed by atoms with Gasteiger partial charge in [-0.3, -0.25) is 19.2 Å². The van der Waals surface area contributed by atoms with Crippen molar-refractivity contribution in [1.82, 2.24) is 4.90 Å². The summed E-state index contributed by atoms with van der Waals surface area (Å²) in [6.07, 6.45) is 11.2. The van der Waals surface area contributed by atoms with Crippen molar-refractivity contribution < 1.29 is 63.0 Å². The van der Waals surface area contributed by atoms with Crippen LogP contribution in [0, 0.1) is 35.5 Å². The summed E-state index contributed by atoms with van der Waals surface area (Å²) in [5, 5.41) is 33.8. The summed E-state index contributed by atoms with van der Waals surface area (Å²) in [5.74, 6) is -7.96. The highest BCUT2D eigenvalue weighted by Gasteiger charge is 2.53. The molecular formula is C51H79NO13. The zero-order valence-electron chi connectivity index (χ0n) is 40.6. The molecule has 15 atom stereocenters. The molecule has 3 N–H and O–H groups in total. The second-order valence-corrected chi connectivity index (χ2v) is 19.6. The zero-order valence-corrected chi connectivity index (χ0v) is 40.6. The maximum absolute atomic E-state index is 14.4. The first kappa shape index (κ1) is 54.2. The highest BCUT2D eigenvalue weighted by Crippen LogP contribution is 2.38. The minimum Gasteiger partial charge on any atom is -0.460 e. The molecule has 2 bridgehead atoms. The van der Waals surface area contributed by atoms with Crippen LogP contribution in [0.3, 0.4) is 0 Å². The van der Waals surface area contributed by atoms with Crippen molar-refractivity contribution in [3.05, 3.63) is 47.6 Å². The zero-order chi connectivity index (χ0) is 48.2. The monoisotopic (exact) mass is 914 g/mol. The Labute approximate surface area is 387 Å². The number of aliphatic hydroxyl groups excluding tert-OH is 2. The summed E-state index contributed by atoms with van der Waals surface area (Å²) in [7, 11) is 4.52. The second kappa shape index (κ2) is 25.1. The number of hydrogen-bond donors (Lipinski definition) is 3. The first-order valence-corrected chi connectivity index (χ1v) is 23.9. The van der Waals surface area contributed by atoms with Crippen LogP contribution >= 0.6 is 0 Å². The van der Waals surface area contributed by atoms with Crippen molar-refractivity contribution in [2.75, 3.05) is 27.9 Å². The number of esters is 1. The number of Topliss-reactive ketones (excluding diaryl/α,β-unsaturated/α-hetero) is 3. The first-order chi connectivity index (χ1) is 30.7. The Morgan fingerprint density at radius 3 is 2.25 bits per heavy atom. The topological polar surface area (TPSA) is 195 Å². The van der Waals surface area contributed by atoms with Crippen LogP contribution in [0.15, 0.2) is 47.6 Å². The number of methoxy groups -OCH3 is 3. The van der Waals surface area contributed by atoms with Gasteiger partial charge in [-0.15, -0.1) is 0 Å². The molecule has 4 unspecified atom stereocenters. The van der Waals surface area contributed by atoms with Gasteiger partial charge in [0.2, 0.25) is 5.79 Å². The third-order valence-corrected chi connectivity index (χ3v) is 14.5. The Morgan fingerprint density at radius 1 is 0.846 bits per heavy atom. The number of ketones is 3. The molecule has 4 rings (SSSR count). The number of rotatable bonds is 6. The molecule has 0 radical (unpaired) electrons. The fourth-order valence-corrected chi connectivity index (χ4v) is 10.1. The van der Waals surface area contributed by atoms with Gasteiger partial charge in [0.1, 0.15) is 30.1 Å². The number of ether oxygens (including phenoxy) is 5. The standard InChI is InChI=1S/C51H79NO13/c1-30-16-12-11-13-17-31(2)42(61-8)28-38-21-19-36(7)51(60,65-38)48(57)49(58)52-23-15-14-18-39(52)50(59)64-43(33(4)26-37-20-22-40(53)44(27-37)62-9)29-41(54)32(3)25-35(6)46(56)47(63-10)45(55)34(5)24-30/h11-13,16-17,25,30,32-34,36-40,42-44,46-47,53,56,60H,14-15,18-24,26-29H2,1-10H3/b13-11+,16-12+,31-17+,35-25+/t30-,32-,33-,34-,36-,37+,38?,39+,40?,42-,43?,44-,46-,47?,51-/m1/s1. The highest BCUT2D eigenvalue weighted by atomic mass is 16.6. The number of cyclic esters (lactones) is 1. The molecule has 1 aliphatic carbocycles. The smallest absolute Gasteiger partial charge is 0.329 e. The van der Waals surface area contributed by atoms with E-state index in [4.69, 9.17) is 23.7 Å². The molecule has 14 heteroatoms. The molecular weight excluding hydrogens is 835 g/mol. The second-order valence-electron chi connectivity index (χ2n) is 19.6. The molecule has 1 amide bonds. The van der Waals surface area contributed by atoms with Gasteiger partial charge in [-0.1, -0.05) is 71.1 Å². The third-order valence-electron chi connectivity index (χ3n) is 14.5. The van der Waals surface area contributed by atoms with E-state index in [0.29, 0.717) is 63.4 Å². The first-order valence-electron chi connectivity index (χ1n) is 23.9. The summed E-state index contributed by atoms with van der Waals surface area (Å²) in [5.41, 5.74) is 1.27. The number of aliphatic hydroxyl groups is 3. The average Bonchev–Trinajstić information content (AvgIpc) is 3.28. The van der Waals surface area contributed by atoms with Crippen LogP contribution in [0.1, 0.15) is 126 Å². The van der Waals surface area contributed by atoms with Gasteiger partial charge in [0.15, 0.2) is 5.78 Å². The van der Waals surface area contributed by atoms with E-state index in [1.165, 1.54) is 12.0 Å². The number of nitrogens with zero attached hydrogens (tertiary/aromatic N) is 1. The van der Waals surface area contributed by atoms with Crippen LogP contribution in [0.5, 0.6) is 0 Å². The number of fused-ring (bicyclic) bond motifs is 3. The SMILES string of the molecule is COC1C(=O)[C@H](C)C[C@H](C)/C=C/C=C/C=C(\C)[C@H](OC)CC2CC[C@@H](C)[C@@](O)(O2)C(=O)C(=O)N2CCCC[C@H]2C(=O)OC([C@H](C)C[C@@H]2CCC(O)[C@H](OC)C2)CC(=O)[C@H](C)/C=C(\C)[C@H]1O. The molecule has 14 nitrogen and oxygen atoms in total. The van der Waals surface area contributed by atoms with E-state index >= 15 is 0 Å². The molecule has 0 aromatic carbocycles. The van der Waals surface area contributed by atoms with E-state index in [0.717, 1.165) is 12.0 Å². The van der Waals surface area contributed by atoms with Crippen LogP contribution in [0.4, 0.5) is 0 Å². The molecule has 3 heterocycles. The molecule has 4 aliphatic rings.